The minimum Gasteiger partial charge on any atom is -0.367 e. The summed E-state index contributed by atoms with van der Waals surface area (Å²) in [7, 11) is 0. The first kappa shape index (κ1) is 20.8. The number of carbonyl (C=O) groups is 2. The summed E-state index contributed by atoms with van der Waals surface area (Å²) in [6.45, 7) is 2.27. The molecule has 0 aliphatic carbocycles. The lowest BCUT2D eigenvalue weighted by Gasteiger charge is -2.14. The Morgan fingerprint density at radius 1 is 1.07 bits per heavy atom. The van der Waals surface area contributed by atoms with Gasteiger partial charge in [0.15, 0.2) is 0 Å². The Hall–Kier alpha value is -1.95. The quantitative estimate of drug-likeness (QED) is 0.509. The smallest absolute Gasteiger partial charge is 0.295 e. The first-order valence-electron chi connectivity index (χ1n) is 9.01. The van der Waals surface area contributed by atoms with E-state index in [4.69, 9.17) is 23.2 Å². The Bertz CT molecular complexity index is 893. The molecule has 0 bridgehead atoms. The number of hydrogen-bond acceptors (Lipinski definition) is 4. The van der Waals surface area contributed by atoms with Crippen LogP contribution in [0.2, 0.25) is 10.0 Å². The molecule has 0 saturated carbocycles. The Morgan fingerprint density at radius 2 is 1.75 bits per heavy atom. The van der Waals surface area contributed by atoms with Crippen LogP contribution in [0.1, 0.15) is 30.9 Å². The van der Waals surface area contributed by atoms with Gasteiger partial charge in [-0.15, -0.1) is 0 Å². The van der Waals surface area contributed by atoms with E-state index >= 15 is 0 Å². The van der Waals surface area contributed by atoms with Crippen LogP contribution in [0.4, 0.5) is 10.5 Å². The molecule has 1 fully saturated rings. The molecule has 1 aliphatic heterocycles. The normalized spacial score (nSPS) is 15.5. The summed E-state index contributed by atoms with van der Waals surface area (Å²) in [5.74, 6) is -0.363. The molecule has 0 unspecified atom stereocenters. The standard InChI is InChI=1S/C21H20Cl2N2O2S/c1-2-3-5-14-8-10-15(11-9-14)24-13-25-20(26)19(28-21(25)27)12-16-17(22)6-4-7-18(16)23/h4,6-12,24H,2-3,5,13H2,1H3/b19-12+. The van der Waals surface area contributed by atoms with Crippen molar-refractivity contribution < 1.29 is 9.59 Å². The zero-order chi connectivity index (χ0) is 20.1. The van der Waals surface area contributed by atoms with Gasteiger partial charge in [-0.3, -0.25) is 14.5 Å². The molecular formula is C21H20Cl2N2O2S. The number of thioether (sulfide) groups is 1. The second-order valence-electron chi connectivity index (χ2n) is 6.38. The molecule has 2 aromatic carbocycles. The Labute approximate surface area is 178 Å². The molecule has 2 amide bonds. The van der Waals surface area contributed by atoms with Gasteiger partial charge in [-0.05, 0) is 60.5 Å². The predicted octanol–water partition coefficient (Wildman–Crippen LogP) is 6.44. The highest BCUT2D eigenvalue weighted by Gasteiger charge is 2.35. The number of halogens is 2. The number of nitrogens with one attached hydrogen (secondary N) is 1. The van der Waals surface area contributed by atoms with Crippen LogP contribution in [-0.2, 0) is 11.2 Å². The number of rotatable bonds is 7. The van der Waals surface area contributed by atoms with Crippen molar-refractivity contribution in [2.24, 2.45) is 0 Å². The molecule has 0 atom stereocenters. The summed E-state index contributed by atoms with van der Waals surface area (Å²) in [6, 6.07) is 13.2. The second kappa shape index (κ2) is 9.50. The van der Waals surface area contributed by atoms with Crippen LogP contribution < -0.4 is 5.32 Å². The van der Waals surface area contributed by atoms with Crippen LogP contribution in [0, 0.1) is 0 Å². The minimum absolute atomic E-state index is 0.104. The molecule has 1 heterocycles. The number of carbonyl (C=O) groups excluding carboxylic acids is 2. The van der Waals surface area contributed by atoms with Crippen LogP contribution in [0.5, 0.6) is 0 Å². The highest BCUT2D eigenvalue weighted by atomic mass is 35.5. The summed E-state index contributed by atoms with van der Waals surface area (Å²) < 4.78 is 0. The maximum atomic E-state index is 12.6. The molecule has 4 nitrogen and oxygen atoms in total. The van der Waals surface area contributed by atoms with Crippen molar-refractivity contribution >= 4 is 57.9 Å². The van der Waals surface area contributed by atoms with Crippen LogP contribution >= 0.6 is 35.0 Å². The van der Waals surface area contributed by atoms with E-state index in [1.54, 1.807) is 24.3 Å². The van der Waals surface area contributed by atoms with Crippen molar-refractivity contribution in [2.45, 2.75) is 26.2 Å². The Morgan fingerprint density at radius 3 is 2.39 bits per heavy atom. The molecule has 7 heteroatoms. The van der Waals surface area contributed by atoms with E-state index in [9.17, 15) is 9.59 Å². The van der Waals surface area contributed by atoms with Crippen LogP contribution in [0.3, 0.4) is 0 Å². The molecule has 2 aromatic rings. The molecule has 1 saturated heterocycles. The molecule has 0 spiro atoms. The molecule has 146 valence electrons. The van der Waals surface area contributed by atoms with Crippen molar-refractivity contribution in [3.8, 4) is 0 Å². The van der Waals surface area contributed by atoms with Gasteiger partial charge in [-0.1, -0.05) is 54.7 Å². The largest absolute Gasteiger partial charge is 0.367 e. The lowest BCUT2D eigenvalue weighted by molar-refractivity contribution is -0.122. The average Bonchev–Trinajstić information content (AvgIpc) is 2.95. The van der Waals surface area contributed by atoms with Crippen LogP contribution in [0.15, 0.2) is 47.4 Å². The van der Waals surface area contributed by atoms with E-state index in [1.165, 1.54) is 10.5 Å². The van der Waals surface area contributed by atoms with Gasteiger partial charge in [-0.2, -0.15) is 0 Å². The van der Waals surface area contributed by atoms with Gasteiger partial charge < -0.3 is 5.32 Å². The molecular weight excluding hydrogens is 415 g/mol. The van der Waals surface area contributed by atoms with Gasteiger partial charge in [0.1, 0.15) is 0 Å². The maximum absolute atomic E-state index is 12.6. The van der Waals surface area contributed by atoms with E-state index in [-0.39, 0.29) is 17.8 Å². The highest BCUT2D eigenvalue weighted by molar-refractivity contribution is 8.18. The molecule has 0 aromatic heterocycles. The van der Waals surface area contributed by atoms with E-state index < -0.39 is 0 Å². The van der Waals surface area contributed by atoms with Crippen molar-refractivity contribution in [1.29, 1.82) is 0 Å². The fraction of sp³-hybridized carbons (Fsp3) is 0.238. The van der Waals surface area contributed by atoms with Crippen molar-refractivity contribution in [1.82, 2.24) is 4.90 Å². The third kappa shape index (κ3) is 4.90. The number of imide groups is 1. The molecule has 1 aliphatic rings. The SMILES string of the molecule is CCCCc1ccc(NCN2C(=O)S/C(=C/c3c(Cl)cccc3Cl)C2=O)cc1. The minimum atomic E-state index is -0.363. The number of aryl methyl sites for hydroxylation is 1. The molecule has 3 rings (SSSR count). The first-order chi connectivity index (χ1) is 13.5. The van der Waals surface area contributed by atoms with Crippen molar-refractivity contribution in [3.63, 3.8) is 0 Å². The summed E-state index contributed by atoms with van der Waals surface area (Å²) in [6.07, 6.45) is 4.94. The lowest BCUT2D eigenvalue weighted by Crippen LogP contribution is -2.33. The number of nitrogens with zero attached hydrogens (tertiary/aromatic N) is 1. The Balaban J connectivity index is 1.66. The summed E-state index contributed by atoms with van der Waals surface area (Å²) in [5, 5.41) is 3.66. The predicted molar refractivity (Wildman–Crippen MR) is 118 cm³/mol. The fourth-order valence-corrected chi connectivity index (χ4v) is 4.08. The maximum Gasteiger partial charge on any atom is 0.295 e. The van der Waals surface area contributed by atoms with Gasteiger partial charge in [0.05, 0.1) is 11.6 Å². The van der Waals surface area contributed by atoms with E-state index in [0.29, 0.717) is 20.5 Å². The zero-order valence-electron chi connectivity index (χ0n) is 15.4. The third-order valence-corrected chi connectivity index (χ3v) is 5.93. The highest BCUT2D eigenvalue weighted by Crippen LogP contribution is 2.35. The van der Waals surface area contributed by atoms with Crippen LogP contribution in [-0.4, -0.2) is 22.7 Å². The molecule has 1 N–H and O–H groups in total. The average molecular weight is 435 g/mol. The third-order valence-electron chi connectivity index (χ3n) is 4.36. The van der Waals surface area contributed by atoms with E-state index in [0.717, 1.165) is 36.7 Å². The monoisotopic (exact) mass is 434 g/mol. The summed E-state index contributed by atoms with van der Waals surface area (Å²) >= 11 is 13.2. The summed E-state index contributed by atoms with van der Waals surface area (Å²) in [4.78, 5) is 26.4. The van der Waals surface area contributed by atoms with Gasteiger partial charge in [0.2, 0.25) is 0 Å². The topological polar surface area (TPSA) is 49.4 Å². The number of hydrogen-bond donors (Lipinski definition) is 1. The second-order valence-corrected chi connectivity index (χ2v) is 8.19. The number of unbranched alkanes of at least 4 members (excludes halogenated alkanes) is 1. The first-order valence-corrected chi connectivity index (χ1v) is 10.6. The van der Waals surface area contributed by atoms with Gasteiger partial charge >= 0.3 is 0 Å². The van der Waals surface area contributed by atoms with E-state index in [2.05, 4.69) is 24.4 Å². The number of anilines is 1. The lowest BCUT2D eigenvalue weighted by atomic mass is 10.1. The molecule has 0 radical (unpaired) electrons. The van der Waals surface area contributed by atoms with Gasteiger partial charge in [0.25, 0.3) is 11.1 Å². The summed E-state index contributed by atoms with van der Waals surface area (Å²) in [5.41, 5.74) is 2.67. The number of amides is 2. The van der Waals surface area contributed by atoms with E-state index in [1.807, 2.05) is 12.1 Å². The van der Waals surface area contributed by atoms with Gasteiger partial charge in [-0.25, -0.2) is 0 Å². The fourth-order valence-electron chi connectivity index (χ4n) is 2.76. The Kier molecular flexibility index (Phi) is 7.05. The van der Waals surface area contributed by atoms with Crippen molar-refractivity contribution in [2.75, 3.05) is 12.0 Å². The number of benzene rings is 2. The van der Waals surface area contributed by atoms with Crippen molar-refractivity contribution in [3.05, 3.63) is 68.5 Å². The zero-order valence-corrected chi connectivity index (χ0v) is 17.7. The molecule has 28 heavy (non-hydrogen) atoms. The van der Waals surface area contributed by atoms with Crippen LogP contribution in [0.25, 0.3) is 6.08 Å². The van der Waals surface area contributed by atoms with Gasteiger partial charge in [0, 0.05) is 21.3 Å².